The number of hydrogen-bond acceptors (Lipinski definition) is 5. The maximum Gasteiger partial charge on any atom is 0.256 e. The number of hydrogen-bond donors (Lipinski definition) is 2. The van der Waals surface area contributed by atoms with Crippen LogP contribution in [0.1, 0.15) is 5.56 Å². The van der Waals surface area contributed by atoms with E-state index in [-0.39, 0.29) is 17.7 Å². The van der Waals surface area contributed by atoms with Crippen LogP contribution in [0.5, 0.6) is 0 Å². The average Bonchev–Trinajstić information content (AvgIpc) is 2.85. The minimum atomic E-state index is -0.325. The summed E-state index contributed by atoms with van der Waals surface area (Å²) in [4.78, 5) is 22.6. The highest BCUT2D eigenvalue weighted by molar-refractivity contribution is 7.17. The quantitative estimate of drug-likeness (QED) is 0.731. The first-order valence-corrected chi connectivity index (χ1v) is 6.18. The van der Waals surface area contributed by atoms with Crippen molar-refractivity contribution < 1.29 is 5.11 Å². The van der Waals surface area contributed by atoms with E-state index in [2.05, 4.69) is 15.0 Å². The molecule has 0 amide bonds. The van der Waals surface area contributed by atoms with Crippen LogP contribution in [-0.2, 0) is 6.61 Å². The van der Waals surface area contributed by atoms with Gasteiger partial charge >= 0.3 is 0 Å². The van der Waals surface area contributed by atoms with Gasteiger partial charge in [-0.3, -0.25) is 9.78 Å². The van der Waals surface area contributed by atoms with Crippen molar-refractivity contribution in [2.75, 3.05) is 0 Å². The highest BCUT2D eigenvalue weighted by atomic mass is 32.1. The van der Waals surface area contributed by atoms with Gasteiger partial charge in [-0.1, -0.05) is 0 Å². The number of aromatic amines is 1. The molecule has 18 heavy (non-hydrogen) atoms. The number of rotatable bonds is 2. The molecule has 0 saturated heterocycles. The molecule has 0 saturated carbocycles. The molecule has 0 unspecified atom stereocenters. The minimum absolute atomic E-state index is 0.254. The van der Waals surface area contributed by atoms with Crippen LogP contribution in [-0.4, -0.2) is 20.1 Å². The summed E-state index contributed by atoms with van der Waals surface area (Å²) < 4.78 is 1.04. The zero-order valence-electron chi connectivity index (χ0n) is 9.25. The van der Waals surface area contributed by atoms with E-state index in [4.69, 9.17) is 5.11 Å². The maximum atomic E-state index is 11.6. The first-order valence-electron chi connectivity index (χ1n) is 5.30. The topological polar surface area (TPSA) is 78.9 Å². The number of aliphatic hydroxyl groups is 1. The molecule has 0 aromatic carbocycles. The van der Waals surface area contributed by atoms with Gasteiger partial charge in [-0.15, -0.1) is 11.3 Å². The third-order valence-electron chi connectivity index (χ3n) is 2.62. The second-order valence-corrected chi connectivity index (χ2v) is 4.72. The summed E-state index contributed by atoms with van der Waals surface area (Å²) in [6, 6.07) is 3.87. The fourth-order valence-corrected chi connectivity index (χ4v) is 2.44. The molecule has 6 heteroatoms. The molecule has 0 fully saturated rings. The summed E-state index contributed by atoms with van der Waals surface area (Å²) in [6.07, 6.45) is 3.05. The van der Waals surface area contributed by atoms with E-state index in [1.54, 1.807) is 17.5 Å². The maximum absolute atomic E-state index is 11.6. The van der Waals surface area contributed by atoms with Gasteiger partial charge in [0.1, 0.15) is 5.82 Å². The summed E-state index contributed by atoms with van der Waals surface area (Å²) in [5, 5.41) is 10.9. The normalized spacial score (nSPS) is 10.9. The first-order chi connectivity index (χ1) is 8.78. The zero-order valence-corrected chi connectivity index (χ0v) is 10.1. The summed E-state index contributed by atoms with van der Waals surface area (Å²) in [5.41, 5.74) is 1.61. The molecule has 0 aliphatic heterocycles. The third-order valence-corrected chi connectivity index (χ3v) is 3.47. The van der Waals surface area contributed by atoms with Crippen molar-refractivity contribution in [3.05, 3.63) is 45.8 Å². The molecule has 5 nitrogen and oxygen atoms in total. The summed E-state index contributed by atoms with van der Waals surface area (Å²) in [6.45, 7) is -0.315. The lowest BCUT2D eigenvalue weighted by Crippen LogP contribution is -2.14. The Morgan fingerprint density at radius 1 is 1.33 bits per heavy atom. The van der Waals surface area contributed by atoms with E-state index in [0.29, 0.717) is 5.82 Å². The third kappa shape index (κ3) is 1.81. The van der Waals surface area contributed by atoms with Crippen molar-refractivity contribution in [2.24, 2.45) is 0 Å². The SMILES string of the molecule is O=c1[nH]c(-c2cnc3ccsc3c2)ncc1CO. The van der Waals surface area contributed by atoms with Gasteiger partial charge in [0.05, 0.1) is 22.4 Å². The predicted octanol–water partition coefficient (Wildman–Crippen LogP) is 1.54. The Morgan fingerprint density at radius 2 is 2.22 bits per heavy atom. The largest absolute Gasteiger partial charge is 0.391 e. The van der Waals surface area contributed by atoms with Gasteiger partial charge in [-0.2, -0.15) is 0 Å². The van der Waals surface area contributed by atoms with Gasteiger partial charge < -0.3 is 10.1 Å². The molecule has 3 aromatic heterocycles. The van der Waals surface area contributed by atoms with E-state index < -0.39 is 0 Å². The second kappa shape index (κ2) is 4.32. The lowest BCUT2D eigenvalue weighted by molar-refractivity contribution is 0.279. The van der Waals surface area contributed by atoms with E-state index >= 15 is 0 Å². The number of pyridine rings is 1. The molecule has 3 aromatic rings. The molecular formula is C12H9N3O2S. The van der Waals surface area contributed by atoms with Crippen LogP contribution >= 0.6 is 11.3 Å². The van der Waals surface area contributed by atoms with E-state index in [0.717, 1.165) is 15.8 Å². The van der Waals surface area contributed by atoms with Crippen LogP contribution in [0.15, 0.2) is 34.7 Å². The van der Waals surface area contributed by atoms with Crippen molar-refractivity contribution in [3.8, 4) is 11.4 Å². The number of nitrogens with zero attached hydrogens (tertiary/aromatic N) is 2. The number of H-pyrrole nitrogens is 1. The van der Waals surface area contributed by atoms with Crippen molar-refractivity contribution >= 4 is 21.6 Å². The number of nitrogens with one attached hydrogen (secondary N) is 1. The van der Waals surface area contributed by atoms with E-state index in [1.807, 2.05) is 17.5 Å². The molecule has 0 aliphatic carbocycles. The molecule has 0 aliphatic rings. The standard InChI is InChI=1S/C12H9N3O2S/c16-6-8-5-14-11(15-12(8)17)7-3-10-9(13-4-7)1-2-18-10/h1-5,16H,6H2,(H,14,15,17). The summed E-state index contributed by atoms with van der Waals surface area (Å²) in [5.74, 6) is 0.458. The number of fused-ring (bicyclic) bond motifs is 1. The van der Waals surface area contributed by atoms with E-state index in [9.17, 15) is 4.79 Å². The van der Waals surface area contributed by atoms with Gasteiger partial charge in [0.2, 0.25) is 0 Å². The van der Waals surface area contributed by atoms with Crippen LogP contribution < -0.4 is 5.56 Å². The zero-order chi connectivity index (χ0) is 12.5. The Balaban J connectivity index is 2.13. The Labute approximate surface area is 106 Å². The molecule has 0 bridgehead atoms. The molecule has 0 atom stereocenters. The number of aromatic nitrogens is 3. The van der Waals surface area contributed by atoms with Crippen molar-refractivity contribution in [3.63, 3.8) is 0 Å². The average molecular weight is 259 g/mol. The van der Waals surface area contributed by atoms with Crippen LogP contribution in [0.4, 0.5) is 0 Å². The predicted molar refractivity (Wildman–Crippen MR) is 69.4 cm³/mol. The fraction of sp³-hybridized carbons (Fsp3) is 0.0833. The van der Waals surface area contributed by atoms with Crippen molar-refractivity contribution in [1.29, 1.82) is 0 Å². The number of thiophene rings is 1. The monoisotopic (exact) mass is 259 g/mol. The Hall–Kier alpha value is -2.05. The molecule has 3 rings (SSSR count). The molecule has 0 radical (unpaired) electrons. The van der Waals surface area contributed by atoms with E-state index in [1.165, 1.54) is 6.20 Å². The molecule has 0 spiro atoms. The Bertz CT molecular complexity index is 763. The molecule has 90 valence electrons. The van der Waals surface area contributed by atoms with Gasteiger partial charge in [0.25, 0.3) is 5.56 Å². The lowest BCUT2D eigenvalue weighted by atomic mass is 10.2. The number of aliphatic hydroxyl groups excluding tert-OH is 1. The van der Waals surface area contributed by atoms with Crippen LogP contribution in [0.2, 0.25) is 0 Å². The van der Waals surface area contributed by atoms with Gasteiger partial charge in [0, 0.05) is 18.0 Å². The van der Waals surface area contributed by atoms with Crippen LogP contribution in [0, 0.1) is 0 Å². The highest BCUT2D eigenvalue weighted by Crippen LogP contribution is 2.23. The van der Waals surface area contributed by atoms with Crippen LogP contribution in [0.3, 0.4) is 0 Å². The van der Waals surface area contributed by atoms with Gasteiger partial charge in [-0.25, -0.2) is 4.98 Å². The van der Waals surface area contributed by atoms with Gasteiger partial charge in [0.15, 0.2) is 0 Å². The minimum Gasteiger partial charge on any atom is -0.391 e. The smallest absolute Gasteiger partial charge is 0.256 e. The first kappa shape index (κ1) is 11.1. The Kier molecular flexibility index (Phi) is 2.66. The summed E-state index contributed by atoms with van der Waals surface area (Å²) in [7, 11) is 0. The van der Waals surface area contributed by atoms with Gasteiger partial charge in [-0.05, 0) is 17.5 Å². The molecular weight excluding hydrogens is 250 g/mol. The molecule has 3 heterocycles. The van der Waals surface area contributed by atoms with Crippen LogP contribution in [0.25, 0.3) is 21.6 Å². The second-order valence-electron chi connectivity index (χ2n) is 3.77. The van der Waals surface area contributed by atoms with Crippen molar-refractivity contribution in [1.82, 2.24) is 15.0 Å². The highest BCUT2D eigenvalue weighted by Gasteiger charge is 2.06. The lowest BCUT2D eigenvalue weighted by Gasteiger charge is -2.01. The Morgan fingerprint density at radius 3 is 3.00 bits per heavy atom. The van der Waals surface area contributed by atoms with Crippen molar-refractivity contribution in [2.45, 2.75) is 6.61 Å². The summed E-state index contributed by atoms with van der Waals surface area (Å²) >= 11 is 1.59. The fourth-order valence-electron chi connectivity index (χ4n) is 1.66. The molecule has 2 N–H and O–H groups in total.